The van der Waals surface area contributed by atoms with Crippen LogP contribution in [0.4, 0.5) is 5.69 Å². The molecule has 1 N–H and O–H groups in total. The van der Waals surface area contributed by atoms with Gasteiger partial charge >= 0.3 is 5.97 Å². The molecule has 0 aromatic heterocycles. The Bertz CT molecular complexity index is 1190. The molecule has 0 amide bonds. The topological polar surface area (TPSA) is 63.8 Å². The summed E-state index contributed by atoms with van der Waals surface area (Å²) in [5, 5.41) is 5.51. The molecule has 5 heteroatoms. The highest BCUT2D eigenvalue weighted by atomic mass is 16.5. The Balaban J connectivity index is 2.04. The minimum atomic E-state index is -0.124. The highest BCUT2D eigenvalue weighted by Gasteiger charge is 2.36. The average Bonchev–Trinajstić information content (AvgIpc) is 2.80. The summed E-state index contributed by atoms with van der Waals surface area (Å²) >= 11 is 0. The predicted molar refractivity (Wildman–Crippen MR) is 134 cm³/mol. The molecule has 0 radical (unpaired) electrons. The molecule has 5 nitrogen and oxygen atoms in total. The second kappa shape index (κ2) is 9.98. The zero-order valence-corrected chi connectivity index (χ0v) is 20.6. The van der Waals surface area contributed by atoms with Gasteiger partial charge in [-0.2, -0.15) is 0 Å². The molecule has 0 bridgehead atoms. The van der Waals surface area contributed by atoms with Crippen molar-refractivity contribution in [3.05, 3.63) is 46.3 Å². The molecule has 0 spiro atoms. The van der Waals surface area contributed by atoms with Gasteiger partial charge in [-0.15, -0.1) is 0 Å². The summed E-state index contributed by atoms with van der Waals surface area (Å²) in [4.78, 5) is 17.7. The summed E-state index contributed by atoms with van der Waals surface area (Å²) < 4.78 is 12.0. The first-order chi connectivity index (χ1) is 16.0. The van der Waals surface area contributed by atoms with E-state index in [1.54, 1.807) is 0 Å². The Kier molecular flexibility index (Phi) is 7.06. The molecule has 1 saturated carbocycles. The maximum absolute atomic E-state index is 13.0. The Labute approximate surface area is 196 Å². The number of carbonyl (C=O) groups is 1. The van der Waals surface area contributed by atoms with Gasteiger partial charge < -0.3 is 14.5 Å². The van der Waals surface area contributed by atoms with Crippen molar-refractivity contribution in [2.75, 3.05) is 25.0 Å². The van der Waals surface area contributed by atoms with Crippen LogP contribution in [-0.2, 0) is 9.53 Å². The zero-order valence-electron chi connectivity index (χ0n) is 20.6. The molecular formula is C28H36N2O3. The van der Waals surface area contributed by atoms with Crippen LogP contribution in [0.5, 0.6) is 0 Å². The van der Waals surface area contributed by atoms with Gasteiger partial charge in [0, 0.05) is 41.9 Å². The van der Waals surface area contributed by atoms with E-state index in [9.17, 15) is 4.79 Å². The fraction of sp³-hybridized carbons (Fsp3) is 0.500. The standard InChI is InChI=1S/C28H36N2O3/c1-6-29-23-15-25-21(13-17(23)4)27(19-11-9-10-12-20(19)28(31)32-8-3)22-14-18(5)24(30-7-2)16-26(22)33-25/h13-16,19-20,29H,6-12H2,1-5H3. The number of hydrogen-bond donors (Lipinski definition) is 1. The van der Waals surface area contributed by atoms with Crippen molar-refractivity contribution in [2.24, 2.45) is 10.9 Å². The van der Waals surface area contributed by atoms with Gasteiger partial charge in [-0.1, -0.05) is 12.8 Å². The molecule has 1 aromatic rings. The van der Waals surface area contributed by atoms with Gasteiger partial charge in [0.1, 0.15) is 11.3 Å². The lowest BCUT2D eigenvalue weighted by Crippen LogP contribution is -2.28. The average molecular weight is 449 g/mol. The number of esters is 1. The molecule has 3 aliphatic rings. The quantitative estimate of drug-likeness (QED) is 0.353. The molecule has 1 aliphatic heterocycles. The molecule has 1 aromatic carbocycles. The first kappa shape index (κ1) is 23.3. The molecular weight excluding hydrogens is 412 g/mol. The lowest BCUT2D eigenvalue weighted by Gasteiger charge is -2.33. The van der Waals surface area contributed by atoms with Crippen LogP contribution in [0.3, 0.4) is 0 Å². The van der Waals surface area contributed by atoms with Crippen molar-refractivity contribution in [3.8, 4) is 11.3 Å². The van der Waals surface area contributed by atoms with Crippen LogP contribution in [0.25, 0.3) is 22.3 Å². The maximum Gasteiger partial charge on any atom is 0.309 e. The highest BCUT2D eigenvalue weighted by Crippen LogP contribution is 2.47. The molecule has 176 valence electrons. The second-order valence-electron chi connectivity index (χ2n) is 9.07. The number of rotatable bonds is 6. The van der Waals surface area contributed by atoms with Gasteiger partial charge in [0.2, 0.25) is 0 Å². The molecule has 33 heavy (non-hydrogen) atoms. The van der Waals surface area contributed by atoms with E-state index in [-0.39, 0.29) is 17.8 Å². The van der Waals surface area contributed by atoms with E-state index in [4.69, 9.17) is 9.15 Å². The number of anilines is 1. The monoisotopic (exact) mass is 448 g/mol. The number of fused-ring (bicyclic) bond motifs is 2. The smallest absolute Gasteiger partial charge is 0.309 e. The van der Waals surface area contributed by atoms with Crippen LogP contribution < -0.4 is 10.7 Å². The van der Waals surface area contributed by atoms with Gasteiger partial charge in [-0.25, -0.2) is 0 Å². The van der Waals surface area contributed by atoms with Crippen molar-refractivity contribution in [3.63, 3.8) is 0 Å². The number of nitrogens with one attached hydrogen (secondary N) is 1. The van der Waals surface area contributed by atoms with E-state index >= 15 is 0 Å². The fourth-order valence-corrected chi connectivity index (χ4v) is 5.35. The summed E-state index contributed by atoms with van der Waals surface area (Å²) in [5.74, 6) is 0.743. The van der Waals surface area contributed by atoms with Crippen molar-refractivity contribution < 1.29 is 13.9 Å². The van der Waals surface area contributed by atoms with E-state index in [1.807, 2.05) is 13.8 Å². The zero-order chi connectivity index (χ0) is 23.5. The summed E-state index contributed by atoms with van der Waals surface area (Å²) in [5.41, 5.74) is 6.55. The minimum absolute atomic E-state index is 0.0698. The maximum atomic E-state index is 13.0. The normalized spacial score (nSPS) is 19.2. The molecule has 1 heterocycles. The third-order valence-electron chi connectivity index (χ3n) is 6.85. The van der Waals surface area contributed by atoms with Crippen LogP contribution in [-0.4, -0.2) is 25.7 Å². The van der Waals surface area contributed by atoms with Crippen LogP contribution in [0.1, 0.15) is 69.1 Å². The van der Waals surface area contributed by atoms with Gasteiger partial charge in [-0.05, 0) is 82.2 Å². The van der Waals surface area contributed by atoms with E-state index < -0.39 is 0 Å². The predicted octanol–water partition coefficient (Wildman–Crippen LogP) is 6.34. The number of hydrogen-bond acceptors (Lipinski definition) is 5. The van der Waals surface area contributed by atoms with E-state index in [0.717, 1.165) is 77.7 Å². The minimum Gasteiger partial charge on any atom is -0.466 e. The van der Waals surface area contributed by atoms with Crippen molar-refractivity contribution in [1.82, 2.24) is 0 Å². The van der Waals surface area contributed by atoms with Crippen LogP contribution in [0, 0.1) is 19.8 Å². The molecule has 2 unspecified atom stereocenters. The molecule has 2 aliphatic carbocycles. The lowest BCUT2D eigenvalue weighted by molar-refractivity contribution is -0.149. The Morgan fingerprint density at radius 3 is 2.61 bits per heavy atom. The summed E-state index contributed by atoms with van der Waals surface area (Å²) in [6, 6.07) is 8.59. The van der Waals surface area contributed by atoms with Crippen molar-refractivity contribution >= 4 is 22.6 Å². The van der Waals surface area contributed by atoms with Crippen LogP contribution >= 0.6 is 0 Å². The molecule has 1 fully saturated rings. The summed E-state index contributed by atoms with van der Waals surface area (Å²) in [6.45, 7) is 12.2. The number of nitrogens with zero attached hydrogens (tertiary/aromatic N) is 1. The van der Waals surface area contributed by atoms with E-state index in [2.05, 4.69) is 55.3 Å². The largest absolute Gasteiger partial charge is 0.466 e. The summed E-state index contributed by atoms with van der Waals surface area (Å²) in [6.07, 6.45) is 4.03. The highest BCUT2D eigenvalue weighted by molar-refractivity contribution is 5.92. The molecule has 2 atom stereocenters. The van der Waals surface area contributed by atoms with E-state index in [1.165, 1.54) is 11.1 Å². The first-order valence-corrected chi connectivity index (χ1v) is 12.4. The third kappa shape index (κ3) is 4.50. The van der Waals surface area contributed by atoms with Gasteiger partial charge in [0.05, 0.1) is 17.9 Å². The molecule has 0 saturated heterocycles. The van der Waals surface area contributed by atoms with Crippen LogP contribution in [0.15, 0.2) is 33.7 Å². The lowest BCUT2D eigenvalue weighted by atomic mass is 9.72. The number of aryl methyl sites for hydroxylation is 2. The Morgan fingerprint density at radius 2 is 1.88 bits per heavy atom. The van der Waals surface area contributed by atoms with E-state index in [0.29, 0.717) is 6.61 Å². The number of ether oxygens (including phenoxy) is 1. The van der Waals surface area contributed by atoms with Crippen molar-refractivity contribution in [1.29, 1.82) is 0 Å². The van der Waals surface area contributed by atoms with Gasteiger partial charge in [-0.3, -0.25) is 9.79 Å². The molecule has 4 rings (SSSR count). The van der Waals surface area contributed by atoms with Crippen molar-refractivity contribution in [2.45, 2.75) is 66.2 Å². The van der Waals surface area contributed by atoms with Crippen LogP contribution in [0.2, 0.25) is 0 Å². The third-order valence-corrected chi connectivity index (χ3v) is 6.85. The SMILES string of the molecule is CCN=c1cc2oc3cc(NCC)c(C)cc3c(C3CCCCC3C(=O)OCC)c-2cc1C. The first-order valence-electron chi connectivity index (χ1n) is 12.4. The number of carbonyl (C=O) groups excluding carboxylic acids is 1. The second-order valence-corrected chi connectivity index (χ2v) is 9.07. The van der Waals surface area contributed by atoms with Gasteiger partial charge in [0.15, 0.2) is 0 Å². The summed E-state index contributed by atoms with van der Waals surface area (Å²) in [7, 11) is 0. The number of benzene rings is 2. The fourth-order valence-electron chi connectivity index (χ4n) is 5.35. The Hall–Kier alpha value is -2.82. The Morgan fingerprint density at radius 1 is 1.09 bits per heavy atom. The van der Waals surface area contributed by atoms with Gasteiger partial charge in [0.25, 0.3) is 0 Å².